The van der Waals surface area contributed by atoms with Crippen LogP contribution in [0.1, 0.15) is 27.9 Å². The van der Waals surface area contributed by atoms with Crippen LogP contribution in [0.4, 0.5) is 38.6 Å². The zero-order chi connectivity index (χ0) is 52.8. The Balaban J connectivity index is 1.31. The standard InChI is InChI=1S/C45H29N9O14S5/c1-24-36(22-46)38(16-25-6-12-32(13-7-25)70(57,58)59)49-43(48-29-10-14-33(15-11-29)71(60,61)62)42(24)51-52-44-37(23-47)41(28-9-8-26-4-2-3-5-27(26)17-28)45(69-44)53-50-30-18-34-35(39(19-30)72(63,64)65)20-31(54(55)56)21-40(34)73(66,67)68/h2-15,17-21H,16H2,1H3,(H,48,49)(H,57,58,59)(H,60,61,62)(H,63,64,65)(H,66,67,68). The Morgan fingerprint density at radius 1 is 0.658 bits per heavy atom. The van der Waals surface area contributed by atoms with Gasteiger partial charge in [0.1, 0.15) is 38.2 Å². The smallest absolute Gasteiger partial charge is 0.295 e. The Kier molecular flexibility index (Phi) is 13.6. The highest BCUT2D eigenvalue weighted by Gasteiger charge is 2.27. The van der Waals surface area contributed by atoms with Gasteiger partial charge in [0, 0.05) is 46.1 Å². The molecule has 0 amide bonds. The molecule has 368 valence electrons. The summed E-state index contributed by atoms with van der Waals surface area (Å²) in [6, 6.07) is 29.3. The van der Waals surface area contributed by atoms with E-state index >= 15 is 0 Å². The molecule has 8 aromatic rings. The van der Waals surface area contributed by atoms with E-state index in [1.807, 2.05) is 12.1 Å². The molecular weight excluding hydrogens is 1050 g/mol. The number of hydrogen-bond donors (Lipinski definition) is 5. The van der Waals surface area contributed by atoms with Gasteiger partial charge in [-0.25, -0.2) is 4.98 Å². The van der Waals surface area contributed by atoms with Gasteiger partial charge in [-0.2, -0.15) is 44.2 Å². The second-order valence-corrected chi connectivity index (χ2v) is 22.1. The summed E-state index contributed by atoms with van der Waals surface area (Å²) in [6.07, 6.45) is -0.0593. The Hall–Kier alpha value is -8.29. The second kappa shape index (κ2) is 19.4. The zero-order valence-corrected chi connectivity index (χ0v) is 40.7. The molecule has 73 heavy (non-hydrogen) atoms. The number of rotatable bonds is 14. The minimum atomic E-state index is -5.28. The van der Waals surface area contributed by atoms with Crippen molar-refractivity contribution in [1.29, 1.82) is 10.5 Å². The largest absolute Gasteiger partial charge is 0.338 e. The van der Waals surface area contributed by atoms with Gasteiger partial charge < -0.3 is 5.32 Å². The maximum absolute atomic E-state index is 12.7. The van der Waals surface area contributed by atoms with Gasteiger partial charge in [0.25, 0.3) is 46.2 Å². The van der Waals surface area contributed by atoms with Crippen LogP contribution in [-0.4, -0.2) is 61.8 Å². The van der Waals surface area contributed by atoms with Crippen molar-refractivity contribution in [3.8, 4) is 23.3 Å². The van der Waals surface area contributed by atoms with Gasteiger partial charge >= 0.3 is 0 Å². The SMILES string of the molecule is Cc1c(C#N)c(Cc2ccc(S(=O)(=O)O)cc2)nc(Nc2ccc(S(=O)(=O)O)cc2)c1N=Nc1sc(N=Nc2cc(S(=O)(=O)O)c3cc([N+](=O)[O-])cc(S(=O)(=O)O)c3c2)c(-c2ccc3ccccc3c2)c1C#N. The number of nitriles is 2. The third kappa shape index (κ3) is 10.8. The molecule has 0 fully saturated rings. The highest BCUT2D eigenvalue weighted by molar-refractivity contribution is 7.86. The first-order chi connectivity index (χ1) is 34.3. The van der Waals surface area contributed by atoms with E-state index in [0.717, 1.165) is 58.5 Å². The van der Waals surface area contributed by atoms with Crippen LogP contribution < -0.4 is 5.32 Å². The van der Waals surface area contributed by atoms with Crippen LogP contribution in [-0.2, 0) is 46.9 Å². The number of anilines is 2. The topological polar surface area (TPSA) is 383 Å². The van der Waals surface area contributed by atoms with E-state index in [1.54, 1.807) is 30.3 Å². The molecule has 2 heterocycles. The first kappa shape index (κ1) is 51.1. The summed E-state index contributed by atoms with van der Waals surface area (Å²) in [5, 5.41) is 53.4. The number of azo groups is 2. The summed E-state index contributed by atoms with van der Waals surface area (Å²) < 4.78 is 137. The molecule has 0 spiro atoms. The Morgan fingerprint density at radius 2 is 1.23 bits per heavy atom. The fourth-order valence-electron chi connectivity index (χ4n) is 7.48. The normalized spacial score (nSPS) is 12.4. The zero-order valence-electron chi connectivity index (χ0n) is 36.7. The van der Waals surface area contributed by atoms with Gasteiger partial charge in [-0.1, -0.05) is 59.9 Å². The Bertz CT molecular complexity index is 4270. The fourth-order valence-corrected chi connectivity index (χ4v) is 10.8. The second-order valence-electron chi connectivity index (χ2n) is 15.5. The maximum atomic E-state index is 12.7. The molecule has 0 aliphatic carbocycles. The lowest BCUT2D eigenvalue weighted by molar-refractivity contribution is -0.384. The lowest BCUT2D eigenvalue weighted by Gasteiger charge is -2.15. The summed E-state index contributed by atoms with van der Waals surface area (Å²) in [4.78, 5) is 12.4. The first-order valence-electron chi connectivity index (χ1n) is 20.3. The number of nitro benzene ring substituents is 1. The van der Waals surface area contributed by atoms with Crippen LogP contribution in [0, 0.1) is 39.7 Å². The van der Waals surface area contributed by atoms with E-state index < -0.39 is 82.2 Å². The molecule has 23 nitrogen and oxygen atoms in total. The quantitative estimate of drug-likeness (QED) is 0.0292. The van der Waals surface area contributed by atoms with Crippen molar-refractivity contribution in [3.63, 3.8) is 0 Å². The summed E-state index contributed by atoms with van der Waals surface area (Å²) in [5.41, 5.74) is -0.0233. The number of aromatic nitrogens is 1. The molecule has 6 aromatic carbocycles. The Labute approximate surface area is 417 Å². The van der Waals surface area contributed by atoms with Crippen LogP contribution in [0.3, 0.4) is 0 Å². The number of nitrogens with zero attached hydrogens (tertiary/aromatic N) is 8. The average Bonchev–Trinajstić information content (AvgIpc) is 3.68. The minimum Gasteiger partial charge on any atom is -0.338 e. The molecular formula is C45H29N9O14S5. The van der Waals surface area contributed by atoms with E-state index in [0.29, 0.717) is 23.3 Å². The van der Waals surface area contributed by atoms with Crippen molar-refractivity contribution in [2.24, 2.45) is 20.5 Å². The van der Waals surface area contributed by atoms with E-state index in [1.165, 1.54) is 31.2 Å². The molecule has 0 atom stereocenters. The number of benzene rings is 6. The molecule has 0 aliphatic heterocycles. The van der Waals surface area contributed by atoms with Gasteiger partial charge in [-0.05, 0) is 83.4 Å². The van der Waals surface area contributed by atoms with Crippen molar-refractivity contribution in [2.45, 2.75) is 32.9 Å². The molecule has 0 unspecified atom stereocenters. The molecule has 0 radical (unpaired) electrons. The molecule has 2 aromatic heterocycles. The average molecular weight is 1080 g/mol. The van der Waals surface area contributed by atoms with E-state index in [2.05, 4.69) is 42.9 Å². The van der Waals surface area contributed by atoms with Crippen molar-refractivity contribution >= 4 is 112 Å². The molecule has 28 heteroatoms. The molecule has 0 saturated carbocycles. The van der Waals surface area contributed by atoms with E-state index in [-0.39, 0.29) is 66.5 Å². The highest BCUT2D eigenvalue weighted by atomic mass is 32.2. The third-order valence-corrected chi connectivity index (χ3v) is 15.3. The van der Waals surface area contributed by atoms with Crippen LogP contribution >= 0.6 is 11.3 Å². The number of non-ortho nitro benzene ring substituents is 1. The predicted molar refractivity (Wildman–Crippen MR) is 263 cm³/mol. The number of nitrogens with one attached hydrogen (secondary N) is 1. The molecule has 0 bridgehead atoms. The number of pyridine rings is 1. The molecule has 8 rings (SSSR count). The van der Waals surface area contributed by atoms with E-state index in [4.69, 9.17) is 0 Å². The van der Waals surface area contributed by atoms with Crippen LogP contribution in [0.2, 0.25) is 0 Å². The summed E-state index contributed by atoms with van der Waals surface area (Å²) in [5.74, 6) is -0.0605. The van der Waals surface area contributed by atoms with Gasteiger partial charge in [-0.15, -0.1) is 20.5 Å². The molecule has 0 saturated heterocycles. The van der Waals surface area contributed by atoms with E-state index in [9.17, 15) is 72.5 Å². The minimum absolute atomic E-state index is 0.00418. The summed E-state index contributed by atoms with van der Waals surface area (Å²) >= 11 is 0.744. The lowest BCUT2D eigenvalue weighted by Crippen LogP contribution is -2.05. The van der Waals surface area contributed by atoms with Gasteiger partial charge in [-0.3, -0.25) is 28.3 Å². The van der Waals surface area contributed by atoms with Crippen LogP contribution in [0.15, 0.2) is 155 Å². The van der Waals surface area contributed by atoms with Gasteiger partial charge in [0.05, 0.1) is 31.7 Å². The maximum Gasteiger partial charge on any atom is 0.295 e. The van der Waals surface area contributed by atoms with Gasteiger partial charge in [0.2, 0.25) is 0 Å². The fraction of sp³-hybridized carbons (Fsp3) is 0.0444. The number of nitro groups is 1. The monoisotopic (exact) mass is 1080 g/mol. The number of fused-ring (bicyclic) bond motifs is 2. The predicted octanol–water partition coefficient (Wildman–Crippen LogP) is 10.2. The lowest BCUT2D eigenvalue weighted by atomic mass is 10.00. The van der Waals surface area contributed by atoms with Crippen molar-refractivity contribution < 1.29 is 56.8 Å². The van der Waals surface area contributed by atoms with Crippen molar-refractivity contribution in [3.05, 3.63) is 153 Å². The van der Waals surface area contributed by atoms with Gasteiger partial charge in [0.15, 0.2) is 10.8 Å². The van der Waals surface area contributed by atoms with Crippen molar-refractivity contribution in [1.82, 2.24) is 4.98 Å². The number of hydrogen-bond acceptors (Lipinski definition) is 19. The third-order valence-electron chi connectivity index (χ3n) is 10.9. The van der Waals surface area contributed by atoms with Crippen LogP contribution in [0.5, 0.6) is 0 Å². The van der Waals surface area contributed by atoms with Crippen LogP contribution in [0.25, 0.3) is 32.7 Å². The number of thiophene rings is 1. The van der Waals surface area contributed by atoms with Crippen molar-refractivity contribution in [2.75, 3.05) is 5.32 Å². The molecule has 0 aliphatic rings. The molecule has 5 N–H and O–H groups in total. The highest BCUT2D eigenvalue weighted by Crippen LogP contribution is 2.49. The first-order valence-corrected chi connectivity index (χ1v) is 26.9. The Morgan fingerprint density at radius 3 is 1.82 bits per heavy atom. The summed E-state index contributed by atoms with van der Waals surface area (Å²) in [6.45, 7) is 1.52. The summed E-state index contributed by atoms with van der Waals surface area (Å²) in [7, 11) is -19.7.